The molecule has 0 spiro atoms. The SMILES string of the molecule is [B]N1CCc2cc(OC(F)(F)F)c(CC(C)C)cc2C1. The van der Waals surface area contributed by atoms with Crippen molar-refractivity contribution in [2.75, 3.05) is 6.54 Å². The highest BCUT2D eigenvalue weighted by Crippen LogP contribution is 2.32. The van der Waals surface area contributed by atoms with Crippen molar-refractivity contribution in [3.05, 3.63) is 28.8 Å². The van der Waals surface area contributed by atoms with Gasteiger partial charge in [0.15, 0.2) is 7.98 Å². The van der Waals surface area contributed by atoms with E-state index >= 15 is 0 Å². The molecular weight excluding hydrogens is 266 g/mol. The summed E-state index contributed by atoms with van der Waals surface area (Å²) >= 11 is 0. The van der Waals surface area contributed by atoms with Gasteiger partial charge in [0.25, 0.3) is 0 Å². The molecule has 1 aromatic rings. The Morgan fingerprint density at radius 1 is 1.30 bits per heavy atom. The van der Waals surface area contributed by atoms with Gasteiger partial charge in [0.05, 0.1) is 0 Å². The topological polar surface area (TPSA) is 12.5 Å². The van der Waals surface area contributed by atoms with Crippen molar-refractivity contribution < 1.29 is 17.9 Å². The average molecular weight is 283 g/mol. The smallest absolute Gasteiger partial charge is 0.405 e. The number of ether oxygens (including phenoxy) is 1. The second-order valence-electron chi connectivity index (χ2n) is 5.59. The average Bonchev–Trinajstić information content (AvgIpc) is 2.27. The van der Waals surface area contributed by atoms with Gasteiger partial charge >= 0.3 is 6.36 Å². The lowest BCUT2D eigenvalue weighted by atomic mass is 9.92. The van der Waals surface area contributed by atoms with E-state index in [1.165, 1.54) is 6.07 Å². The minimum Gasteiger partial charge on any atom is -0.405 e. The van der Waals surface area contributed by atoms with Gasteiger partial charge in [-0.1, -0.05) is 19.9 Å². The van der Waals surface area contributed by atoms with Crippen LogP contribution in [0, 0.1) is 5.92 Å². The molecule has 20 heavy (non-hydrogen) atoms. The lowest BCUT2D eigenvalue weighted by Gasteiger charge is -2.27. The fourth-order valence-corrected chi connectivity index (χ4v) is 2.48. The Hall–Kier alpha value is -1.17. The molecule has 0 aliphatic carbocycles. The highest BCUT2D eigenvalue weighted by Gasteiger charge is 2.32. The second kappa shape index (κ2) is 5.68. The number of fused-ring (bicyclic) bond motifs is 1. The van der Waals surface area contributed by atoms with E-state index in [9.17, 15) is 13.2 Å². The van der Waals surface area contributed by atoms with Crippen molar-refractivity contribution in [3.63, 3.8) is 0 Å². The van der Waals surface area contributed by atoms with Crippen LogP contribution in [0.5, 0.6) is 5.75 Å². The molecule has 0 aromatic heterocycles. The first kappa shape index (κ1) is 15.2. The van der Waals surface area contributed by atoms with Gasteiger partial charge in [0.1, 0.15) is 5.75 Å². The summed E-state index contributed by atoms with van der Waals surface area (Å²) in [5.74, 6) is 0.177. The molecule has 0 saturated heterocycles. The molecule has 1 aromatic carbocycles. The number of hydrogen-bond donors (Lipinski definition) is 0. The molecule has 6 heteroatoms. The molecule has 0 unspecified atom stereocenters. The normalized spacial score (nSPS) is 16.3. The molecule has 2 nitrogen and oxygen atoms in total. The first-order valence-corrected chi connectivity index (χ1v) is 6.64. The molecule has 0 saturated carbocycles. The molecule has 2 radical (unpaired) electrons. The maximum atomic E-state index is 12.5. The third kappa shape index (κ3) is 3.92. The Kier molecular flexibility index (Phi) is 4.32. The van der Waals surface area contributed by atoms with Crippen molar-refractivity contribution in [1.29, 1.82) is 0 Å². The Morgan fingerprint density at radius 3 is 2.60 bits per heavy atom. The monoisotopic (exact) mass is 283 g/mol. The Morgan fingerprint density at radius 2 is 2.00 bits per heavy atom. The highest BCUT2D eigenvalue weighted by molar-refractivity contribution is 6.04. The van der Waals surface area contributed by atoms with E-state index in [4.69, 9.17) is 7.98 Å². The fourth-order valence-electron chi connectivity index (χ4n) is 2.48. The number of nitrogens with zero attached hydrogens (tertiary/aromatic N) is 1. The van der Waals surface area contributed by atoms with E-state index < -0.39 is 6.36 Å². The van der Waals surface area contributed by atoms with E-state index in [-0.39, 0.29) is 11.7 Å². The third-order valence-corrected chi connectivity index (χ3v) is 3.28. The van der Waals surface area contributed by atoms with Crippen molar-refractivity contribution in [3.8, 4) is 5.75 Å². The van der Waals surface area contributed by atoms with Crippen LogP contribution in [-0.4, -0.2) is 25.7 Å². The van der Waals surface area contributed by atoms with Crippen molar-refractivity contribution in [1.82, 2.24) is 4.81 Å². The summed E-state index contributed by atoms with van der Waals surface area (Å²) < 4.78 is 41.7. The highest BCUT2D eigenvalue weighted by atomic mass is 19.4. The van der Waals surface area contributed by atoms with Gasteiger partial charge in [0.2, 0.25) is 0 Å². The zero-order valence-electron chi connectivity index (χ0n) is 11.6. The van der Waals surface area contributed by atoms with Crippen molar-refractivity contribution in [2.45, 2.75) is 39.6 Å². The molecular formula is C14H17BF3NO. The van der Waals surface area contributed by atoms with Crippen LogP contribution >= 0.6 is 0 Å². The van der Waals surface area contributed by atoms with Gasteiger partial charge in [-0.25, -0.2) is 0 Å². The van der Waals surface area contributed by atoms with Gasteiger partial charge in [-0.05, 0) is 48.1 Å². The second-order valence-corrected chi connectivity index (χ2v) is 5.59. The fraction of sp³-hybridized carbons (Fsp3) is 0.571. The summed E-state index contributed by atoms with van der Waals surface area (Å²) in [6.45, 7) is 5.13. The third-order valence-electron chi connectivity index (χ3n) is 3.28. The lowest BCUT2D eigenvalue weighted by molar-refractivity contribution is -0.274. The molecule has 2 rings (SSSR count). The molecule has 0 atom stereocenters. The molecule has 1 aliphatic rings. The number of rotatable bonds is 3. The Balaban J connectivity index is 2.37. The minimum atomic E-state index is -4.66. The van der Waals surface area contributed by atoms with Crippen LogP contribution in [0.1, 0.15) is 30.5 Å². The van der Waals surface area contributed by atoms with Gasteiger partial charge in [0, 0.05) is 6.54 Å². The van der Waals surface area contributed by atoms with Gasteiger partial charge in [-0.15, -0.1) is 13.2 Å². The standard InChI is InChI=1S/C14H17BF3NO/c1-9(2)5-11-6-12-8-19(15)4-3-10(12)7-13(11)20-14(16,17)18/h6-7,9H,3-5,8H2,1-2H3. The van der Waals surface area contributed by atoms with Crippen LogP contribution in [0.4, 0.5) is 13.2 Å². The molecule has 108 valence electrons. The number of halogens is 3. The lowest BCUT2D eigenvalue weighted by Crippen LogP contribution is -2.28. The summed E-state index contributed by atoms with van der Waals surface area (Å²) in [4.78, 5) is 1.67. The number of alkyl halides is 3. The molecule has 0 amide bonds. The van der Waals surface area contributed by atoms with Crippen LogP contribution in [0.3, 0.4) is 0 Å². The summed E-state index contributed by atoms with van der Waals surface area (Å²) in [5, 5.41) is 0. The molecule has 1 heterocycles. The molecule has 0 bridgehead atoms. The predicted molar refractivity (Wildman–Crippen MR) is 71.5 cm³/mol. The Labute approximate surface area is 118 Å². The van der Waals surface area contributed by atoms with E-state index in [0.717, 1.165) is 11.1 Å². The summed E-state index contributed by atoms with van der Waals surface area (Å²) in [6, 6.07) is 3.32. The zero-order valence-corrected chi connectivity index (χ0v) is 11.6. The van der Waals surface area contributed by atoms with Crippen molar-refractivity contribution >= 4 is 7.98 Å². The maximum absolute atomic E-state index is 12.5. The maximum Gasteiger partial charge on any atom is 0.573 e. The van der Waals surface area contributed by atoms with Crippen LogP contribution in [-0.2, 0) is 19.4 Å². The molecule has 0 N–H and O–H groups in total. The summed E-state index contributed by atoms with van der Waals surface area (Å²) in [7, 11) is 5.76. The van der Waals surface area contributed by atoms with Crippen LogP contribution < -0.4 is 4.74 Å². The van der Waals surface area contributed by atoms with Gasteiger partial charge in [-0.3, -0.25) is 0 Å². The van der Waals surface area contributed by atoms with E-state index in [1.54, 1.807) is 10.9 Å². The molecule has 0 fully saturated rings. The predicted octanol–water partition coefficient (Wildman–Crippen LogP) is 3.23. The number of hydrogen-bond acceptors (Lipinski definition) is 2. The molecule has 1 aliphatic heterocycles. The van der Waals surface area contributed by atoms with E-state index in [1.807, 2.05) is 13.8 Å². The first-order valence-electron chi connectivity index (χ1n) is 6.64. The number of benzene rings is 1. The van der Waals surface area contributed by atoms with Crippen LogP contribution in [0.15, 0.2) is 12.1 Å². The van der Waals surface area contributed by atoms with E-state index in [0.29, 0.717) is 31.5 Å². The Bertz CT molecular complexity index is 488. The van der Waals surface area contributed by atoms with Crippen LogP contribution in [0.25, 0.3) is 0 Å². The van der Waals surface area contributed by atoms with Crippen molar-refractivity contribution in [2.24, 2.45) is 5.92 Å². The van der Waals surface area contributed by atoms with E-state index in [2.05, 4.69) is 4.74 Å². The summed E-state index contributed by atoms with van der Waals surface area (Å²) in [6.07, 6.45) is -3.47. The van der Waals surface area contributed by atoms with Gasteiger partial charge in [-0.2, -0.15) is 0 Å². The van der Waals surface area contributed by atoms with Gasteiger partial charge < -0.3 is 9.55 Å². The summed E-state index contributed by atoms with van der Waals surface area (Å²) in [5.41, 5.74) is 2.47. The van der Waals surface area contributed by atoms with Crippen LogP contribution in [0.2, 0.25) is 0 Å². The zero-order chi connectivity index (χ0) is 14.9. The quantitative estimate of drug-likeness (QED) is 0.790. The largest absolute Gasteiger partial charge is 0.573 e. The minimum absolute atomic E-state index is 0.0737. The first-order chi connectivity index (χ1) is 9.24.